The zero-order valence-electron chi connectivity index (χ0n) is 31.6. The van der Waals surface area contributed by atoms with Crippen LogP contribution in [0, 0.1) is 0 Å². The number of hydrogen-bond acceptors (Lipinski definition) is 8. The van der Waals surface area contributed by atoms with Gasteiger partial charge in [-0.2, -0.15) is 0 Å². The zero-order valence-corrected chi connectivity index (χ0v) is 31.6. The first-order valence-corrected chi connectivity index (χ1v) is 18.9. The monoisotopic (exact) mass is 774 g/mol. The lowest BCUT2D eigenvalue weighted by molar-refractivity contribution is -0.141. The molecule has 56 heavy (non-hydrogen) atoms. The molecule has 2 aliphatic heterocycles. The molecule has 0 spiro atoms. The van der Waals surface area contributed by atoms with Crippen LogP contribution in [0.1, 0.15) is 75.3 Å². The minimum Gasteiger partial charge on any atom is -0.370 e. The first kappa shape index (κ1) is 42.5. The van der Waals surface area contributed by atoms with Gasteiger partial charge in [0, 0.05) is 39.0 Å². The Bertz CT molecular complexity index is 1610. The summed E-state index contributed by atoms with van der Waals surface area (Å²) in [6.45, 7) is 1.22. The number of piperidine rings is 2. The second-order valence-corrected chi connectivity index (χ2v) is 13.9. The van der Waals surface area contributed by atoms with Crippen molar-refractivity contribution in [2.24, 2.45) is 32.9 Å². The number of nitrogens with two attached hydrogens (primary N) is 4. The maximum absolute atomic E-state index is 13.0. The molecular weight excluding hydrogens is 720 g/mol. The van der Waals surface area contributed by atoms with E-state index >= 15 is 0 Å². The maximum Gasteiger partial charge on any atom is 0.245 e. The number of hydrogen-bond donors (Lipinski definition) is 8. The number of nitrogens with zero attached hydrogens (tertiary/aromatic N) is 4. The Hall–Kier alpha value is -6.20. The van der Waals surface area contributed by atoms with E-state index in [9.17, 15) is 28.8 Å². The summed E-state index contributed by atoms with van der Waals surface area (Å²) in [6.07, 6.45) is 5.44. The number of carbonyl (C=O) groups is 6. The summed E-state index contributed by atoms with van der Waals surface area (Å²) in [6, 6.07) is 12.7. The van der Waals surface area contributed by atoms with Gasteiger partial charge in [0.05, 0.1) is 24.5 Å². The number of aliphatic imine (C=N–C) groups is 2. The van der Waals surface area contributed by atoms with Crippen LogP contribution in [0.25, 0.3) is 0 Å². The van der Waals surface area contributed by atoms with Crippen LogP contribution < -0.4 is 44.2 Å². The van der Waals surface area contributed by atoms with Crippen LogP contribution in [0.3, 0.4) is 0 Å². The van der Waals surface area contributed by atoms with Gasteiger partial charge >= 0.3 is 0 Å². The van der Waals surface area contributed by atoms with E-state index in [2.05, 4.69) is 31.3 Å². The van der Waals surface area contributed by atoms with Crippen LogP contribution in [0.5, 0.6) is 0 Å². The van der Waals surface area contributed by atoms with Gasteiger partial charge in [0.1, 0.15) is 12.1 Å². The third kappa shape index (κ3) is 14.6. The first-order valence-electron chi connectivity index (χ1n) is 18.9. The van der Waals surface area contributed by atoms with Crippen LogP contribution >= 0.6 is 0 Å². The molecule has 2 unspecified atom stereocenters. The van der Waals surface area contributed by atoms with E-state index in [4.69, 9.17) is 22.9 Å². The predicted molar refractivity (Wildman–Crippen MR) is 211 cm³/mol. The van der Waals surface area contributed by atoms with Crippen molar-refractivity contribution in [2.45, 2.75) is 89.4 Å². The number of amides is 6. The Kier molecular flexibility index (Phi) is 16.4. The van der Waals surface area contributed by atoms with Crippen molar-refractivity contribution in [1.29, 1.82) is 0 Å². The highest BCUT2D eigenvalue weighted by Gasteiger charge is 2.32. The van der Waals surface area contributed by atoms with Crippen molar-refractivity contribution in [3.05, 3.63) is 59.7 Å². The molecule has 6 amide bonds. The Morgan fingerprint density at radius 2 is 0.946 bits per heavy atom. The molecular formula is C38H54N12O6. The Morgan fingerprint density at radius 3 is 1.30 bits per heavy atom. The van der Waals surface area contributed by atoms with Gasteiger partial charge in [-0.05, 0) is 73.9 Å². The summed E-state index contributed by atoms with van der Waals surface area (Å²) in [5, 5.41) is 11.3. The molecule has 18 nitrogen and oxygen atoms in total. The highest BCUT2D eigenvalue weighted by atomic mass is 16.2. The molecule has 18 heteroatoms. The molecule has 2 aromatic carbocycles. The Balaban J connectivity index is 1.06. The second kappa shape index (κ2) is 21.6. The molecule has 12 N–H and O–H groups in total. The number of nitrogens with one attached hydrogen (secondary N) is 4. The molecule has 0 radical (unpaired) electrons. The standard InChI is InChI=1S/C38H54N12O6/c39-37(40)45-27-15-11-25(12-16-27)21-43-33(53)23-49-19-5-7-29(35(49)55)47-31(51)9-3-1-2-4-10-32(52)48-30-8-6-20-50(36(30)56)24-34(54)44-22-26-13-17-28(18-14-26)46-38(41)42/h11-18,29-30H,1-10,19-24H2,(H,43,53)(H,44,54)(H,47,51)(H,48,52)(H4,39,40,45)(H4,41,42,46). The molecule has 0 aliphatic carbocycles. The van der Waals surface area contributed by atoms with E-state index in [1.165, 1.54) is 9.80 Å². The lowest BCUT2D eigenvalue weighted by Crippen LogP contribution is -2.54. The average Bonchev–Trinajstić information content (AvgIpc) is 3.15. The van der Waals surface area contributed by atoms with Gasteiger partial charge in [0.15, 0.2) is 11.9 Å². The van der Waals surface area contributed by atoms with Gasteiger partial charge in [-0.15, -0.1) is 0 Å². The average molecular weight is 775 g/mol. The van der Waals surface area contributed by atoms with E-state index in [1.54, 1.807) is 48.5 Å². The summed E-state index contributed by atoms with van der Waals surface area (Å²) in [5.41, 5.74) is 24.4. The Labute approximate surface area is 326 Å². The molecule has 0 saturated carbocycles. The van der Waals surface area contributed by atoms with Gasteiger partial charge in [-0.3, -0.25) is 28.8 Å². The Morgan fingerprint density at radius 1 is 0.571 bits per heavy atom. The normalized spacial score (nSPS) is 16.7. The van der Waals surface area contributed by atoms with E-state index < -0.39 is 12.1 Å². The van der Waals surface area contributed by atoms with Crippen LogP contribution in [0.4, 0.5) is 11.4 Å². The minimum atomic E-state index is -0.676. The maximum atomic E-state index is 13.0. The molecule has 0 aromatic heterocycles. The quantitative estimate of drug-likeness (QED) is 0.0537. The third-order valence-corrected chi connectivity index (χ3v) is 9.33. The number of carbonyl (C=O) groups excluding carboxylic acids is 6. The van der Waals surface area contributed by atoms with E-state index in [-0.39, 0.29) is 86.4 Å². The van der Waals surface area contributed by atoms with Gasteiger partial charge in [0.25, 0.3) is 0 Å². The molecule has 302 valence electrons. The molecule has 2 saturated heterocycles. The molecule has 2 aromatic rings. The fourth-order valence-electron chi connectivity index (χ4n) is 6.45. The first-order chi connectivity index (χ1) is 26.9. The number of likely N-dealkylation sites (tertiary alicyclic amines) is 2. The highest BCUT2D eigenvalue weighted by molar-refractivity contribution is 5.92. The molecule has 2 aliphatic rings. The largest absolute Gasteiger partial charge is 0.370 e. The second-order valence-electron chi connectivity index (χ2n) is 13.9. The van der Waals surface area contributed by atoms with Gasteiger partial charge < -0.3 is 54.0 Å². The SMILES string of the molecule is NC(N)=Nc1ccc(CNC(=O)CN2CCCC(NC(=O)CCCCCCC(=O)NC3CCCN(CC(=O)NCc4ccc(N=C(N)N)cc4)C3=O)C2=O)cc1. The van der Waals surface area contributed by atoms with Crippen molar-refractivity contribution < 1.29 is 28.8 Å². The topological polar surface area (TPSA) is 286 Å². The number of benzene rings is 2. The van der Waals surface area contributed by atoms with Gasteiger partial charge in [0.2, 0.25) is 35.4 Å². The lowest BCUT2D eigenvalue weighted by atomic mass is 10.0. The van der Waals surface area contributed by atoms with Crippen LogP contribution in [0.15, 0.2) is 58.5 Å². The number of rotatable bonds is 19. The predicted octanol–water partition coefficient (Wildman–Crippen LogP) is -0.0160. The molecule has 2 fully saturated rings. The third-order valence-electron chi connectivity index (χ3n) is 9.33. The van der Waals surface area contributed by atoms with Crippen molar-refractivity contribution in [2.75, 3.05) is 26.2 Å². The summed E-state index contributed by atoms with van der Waals surface area (Å²) >= 11 is 0. The summed E-state index contributed by atoms with van der Waals surface area (Å²) in [4.78, 5) is 87.3. The fraction of sp³-hybridized carbons (Fsp3) is 0.474. The summed E-state index contributed by atoms with van der Waals surface area (Å²) in [5.74, 6) is -1.72. The van der Waals surface area contributed by atoms with E-state index in [0.29, 0.717) is 75.8 Å². The van der Waals surface area contributed by atoms with Crippen LogP contribution in [-0.4, -0.2) is 95.4 Å². The van der Waals surface area contributed by atoms with Crippen molar-refractivity contribution in [3.63, 3.8) is 0 Å². The van der Waals surface area contributed by atoms with Crippen LogP contribution in [-0.2, 0) is 41.9 Å². The smallest absolute Gasteiger partial charge is 0.245 e. The lowest BCUT2D eigenvalue weighted by Gasteiger charge is -2.32. The van der Waals surface area contributed by atoms with Crippen LogP contribution in [0.2, 0.25) is 0 Å². The molecule has 0 bridgehead atoms. The molecule has 2 heterocycles. The molecule has 2 atom stereocenters. The van der Waals surface area contributed by atoms with Crippen molar-refractivity contribution >= 4 is 58.7 Å². The van der Waals surface area contributed by atoms with Crippen molar-refractivity contribution in [3.8, 4) is 0 Å². The summed E-state index contributed by atoms with van der Waals surface area (Å²) < 4.78 is 0. The number of unbranched alkanes of at least 4 members (excludes halogenated alkanes) is 3. The molecule has 4 rings (SSSR count). The van der Waals surface area contributed by atoms with E-state index in [0.717, 1.165) is 11.1 Å². The van der Waals surface area contributed by atoms with Crippen molar-refractivity contribution in [1.82, 2.24) is 31.1 Å². The fourth-order valence-corrected chi connectivity index (χ4v) is 6.45. The van der Waals surface area contributed by atoms with Gasteiger partial charge in [-0.1, -0.05) is 37.1 Å². The summed E-state index contributed by atoms with van der Waals surface area (Å²) in [7, 11) is 0. The number of guanidine groups is 2. The minimum absolute atomic E-state index is 0.0458. The van der Waals surface area contributed by atoms with Gasteiger partial charge in [-0.25, -0.2) is 9.98 Å². The van der Waals surface area contributed by atoms with E-state index in [1.807, 2.05) is 0 Å². The zero-order chi connectivity index (χ0) is 40.5. The highest BCUT2D eigenvalue weighted by Crippen LogP contribution is 2.16.